The zero-order chi connectivity index (χ0) is 8.81. The van der Waals surface area contributed by atoms with Crippen molar-refractivity contribution in [2.45, 2.75) is 6.54 Å². The molecule has 3 nitrogen and oxygen atoms in total. The van der Waals surface area contributed by atoms with Crippen LogP contribution in [0.4, 0.5) is 0 Å². The van der Waals surface area contributed by atoms with Gasteiger partial charge in [0.25, 0.3) is 0 Å². The number of nitriles is 1. The summed E-state index contributed by atoms with van der Waals surface area (Å²) in [6, 6.07) is 9.31. The minimum absolute atomic E-state index is 0.572. The van der Waals surface area contributed by atoms with Crippen molar-refractivity contribution in [2.24, 2.45) is 10.7 Å². The van der Waals surface area contributed by atoms with Gasteiger partial charge in [-0.2, -0.15) is 5.26 Å². The molecule has 3 heteroatoms. The summed E-state index contributed by atoms with van der Waals surface area (Å²) in [6.45, 7) is 0.572. The molecule has 1 rings (SSSR count). The molecule has 0 aromatic heterocycles. The molecular formula is C9H9N3. The summed E-state index contributed by atoms with van der Waals surface area (Å²) < 4.78 is 0. The second kappa shape index (κ2) is 4.14. The quantitative estimate of drug-likeness (QED) is 0.517. The standard InChI is InChI=1S/C9H9N3/c10-5-8-1-3-9(4-2-8)6-12-7-11/h1-4,7H,6H2,(H2,11,12). The number of aliphatic imine (C=N–C) groups is 1. The predicted molar refractivity (Wildman–Crippen MR) is 47.5 cm³/mol. The lowest BCUT2D eigenvalue weighted by molar-refractivity contribution is 1.07. The van der Waals surface area contributed by atoms with Gasteiger partial charge in [0.05, 0.1) is 24.5 Å². The van der Waals surface area contributed by atoms with Crippen LogP contribution in [0.15, 0.2) is 29.3 Å². The second-order valence-corrected chi connectivity index (χ2v) is 2.30. The highest BCUT2D eigenvalue weighted by Gasteiger charge is 1.90. The third-order valence-corrected chi connectivity index (χ3v) is 1.46. The maximum Gasteiger partial charge on any atom is 0.0991 e. The molecule has 0 spiro atoms. The fourth-order valence-electron chi connectivity index (χ4n) is 0.843. The summed E-state index contributed by atoms with van der Waals surface area (Å²) in [5, 5.41) is 8.50. The van der Waals surface area contributed by atoms with E-state index < -0.39 is 0 Å². The first-order chi connectivity index (χ1) is 5.86. The Morgan fingerprint density at radius 1 is 1.42 bits per heavy atom. The van der Waals surface area contributed by atoms with Gasteiger partial charge >= 0.3 is 0 Å². The molecular weight excluding hydrogens is 150 g/mol. The highest BCUT2D eigenvalue weighted by Crippen LogP contribution is 2.03. The van der Waals surface area contributed by atoms with Crippen LogP contribution >= 0.6 is 0 Å². The van der Waals surface area contributed by atoms with E-state index in [1.54, 1.807) is 12.1 Å². The van der Waals surface area contributed by atoms with Gasteiger partial charge in [0.2, 0.25) is 0 Å². The van der Waals surface area contributed by atoms with E-state index in [4.69, 9.17) is 11.0 Å². The topological polar surface area (TPSA) is 62.2 Å². The average molecular weight is 159 g/mol. The molecule has 0 heterocycles. The third-order valence-electron chi connectivity index (χ3n) is 1.46. The first-order valence-electron chi connectivity index (χ1n) is 3.56. The minimum atomic E-state index is 0.572. The Balaban J connectivity index is 2.73. The van der Waals surface area contributed by atoms with Gasteiger partial charge in [0.1, 0.15) is 0 Å². The molecule has 0 saturated carbocycles. The summed E-state index contributed by atoms with van der Waals surface area (Å²) >= 11 is 0. The maximum atomic E-state index is 8.50. The van der Waals surface area contributed by atoms with Gasteiger partial charge < -0.3 is 5.73 Å². The molecule has 12 heavy (non-hydrogen) atoms. The van der Waals surface area contributed by atoms with Gasteiger partial charge in [-0.05, 0) is 17.7 Å². The molecule has 0 atom stereocenters. The van der Waals surface area contributed by atoms with Crippen LogP contribution in [0.2, 0.25) is 0 Å². The van der Waals surface area contributed by atoms with Gasteiger partial charge in [-0.3, -0.25) is 4.99 Å². The first-order valence-corrected chi connectivity index (χ1v) is 3.56. The largest absolute Gasteiger partial charge is 0.390 e. The van der Waals surface area contributed by atoms with Crippen LogP contribution in [0.3, 0.4) is 0 Å². The SMILES string of the molecule is N#Cc1ccc(CN=CN)cc1. The van der Waals surface area contributed by atoms with Crippen LogP contribution in [0.5, 0.6) is 0 Å². The number of rotatable bonds is 2. The zero-order valence-electron chi connectivity index (χ0n) is 6.57. The Kier molecular flexibility index (Phi) is 2.86. The zero-order valence-corrected chi connectivity index (χ0v) is 6.57. The van der Waals surface area contributed by atoms with Gasteiger partial charge in [-0.1, -0.05) is 12.1 Å². The Hall–Kier alpha value is -1.82. The van der Waals surface area contributed by atoms with Crippen LogP contribution in [0.1, 0.15) is 11.1 Å². The van der Waals surface area contributed by atoms with Crippen LogP contribution in [-0.4, -0.2) is 6.34 Å². The predicted octanol–water partition coefficient (Wildman–Crippen LogP) is 1.05. The van der Waals surface area contributed by atoms with Crippen LogP contribution < -0.4 is 5.73 Å². The Labute approximate surface area is 71.2 Å². The van der Waals surface area contributed by atoms with E-state index in [0.29, 0.717) is 12.1 Å². The van der Waals surface area contributed by atoms with Crippen molar-refractivity contribution in [3.8, 4) is 6.07 Å². The fourth-order valence-corrected chi connectivity index (χ4v) is 0.843. The molecule has 0 saturated heterocycles. The smallest absolute Gasteiger partial charge is 0.0991 e. The van der Waals surface area contributed by atoms with Crippen molar-refractivity contribution < 1.29 is 0 Å². The molecule has 0 aliphatic rings. The van der Waals surface area contributed by atoms with E-state index in [1.807, 2.05) is 18.2 Å². The lowest BCUT2D eigenvalue weighted by atomic mass is 10.1. The number of nitrogens with zero attached hydrogens (tertiary/aromatic N) is 2. The molecule has 2 N–H and O–H groups in total. The Morgan fingerprint density at radius 2 is 2.08 bits per heavy atom. The molecule has 0 unspecified atom stereocenters. The third kappa shape index (κ3) is 2.10. The van der Waals surface area contributed by atoms with Gasteiger partial charge in [0.15, 0.2) is 0 Å². The fraction of sp³-hybridized carbons (Fsp3) is 0.111. The van der Waals surface area contributed by atoms with Crippen molar-refractivity contribution in [1.29, 1.82) is 5.26 Å². The second-order valence-electron chi connectivity index (χ2n) is 2.30. The maximum absolute atomic E-state index is 8.50. The summed E-state index contributed by atoms with van der Waals surface area (Å²) in [6.07, 6.45) is 1.28. The molecule has 0 aliphatic carbocycles. The van der Waals surface area contributed by atoms with Crippen molar-refractivity contribution in [3.05, 3.63) is 35.4 Å². The molecule has 0 radical (unpaired) electrons. The lowest BCUT2D eigenvalue weighted by Crippen LogP contribution is -1.90. The molecule has 1 aromatic rings. The van der Waals surface area contributed by atoms with Crippen LogP contribution in [-0.2, 0) is 6.54 Å². The molecule has 0 fully saturated rings. The van der Waals surface area contributed by atoms with E-state index in [0.717, 1.165) is 5.56 Å². The molecule has 1 aromatic carbocycles. The first kappa shape index (κ1) is 8.28. The van der Waals surface area contributed by atoms with Gasteiger partial charge in [-0.15, -0.1) is 0 Å². The summed E-state index contributed by atoms with van der Waals surface area (Å²) in [5.41, 5.74) is 6.80. The summed E-state index contributed by atoms with van der Waals surface area (Å²) in [4.78, 5) is 3.87. The molecule has 0 bridgehead atoms. The van der Waals surface area contributed by atoms with E-state index in [-0.39, 0.29) is 0 Å². The molecule has 60 valence electrons. The molecule has 0 aliphatic heterocycles. The highest BCUT2D eigenvalue weighted by molar-refractivity contribution is 5.51. The van der Waals surface area contributed by atoms with Crippen molar-refractivity contribution in [2.75, 3.05) is 0 Å². The number of benzene rings is 1. The van der Waals surface area contributed by atoms with Crippen LogP contribution in [0.25, 0.3) is 0 Å². The van der Waals surface area contributed by atoms with Crippen molar-refractivity contribution in [3.63, 3.8) is 0 Å². The highest BCUT2D eigenvalue weighted by atomic mass is 14.8. The van der Waals surface area contributed by atoms with E-state index in [2.05, 4.69) is 4.99 Å². The summed E-state index contributed by atoms with van der Waals surface area (Å²) in [7, 11) is 0. The average Bonchev–Trinajstić information content (AvgIpc) is 2.15. The number of hydrogen-bond acceptors (Lipinski definition) is 2. The van der Waals surface area contributed by atoms with Crippen LogP contribution in [0, 0.1) is 11.3 Å². The monoisotopic (exact) mass is 159 g/mol. The van der Waals surface area contributed by atoms with Crippen molar-refractivity contribution in [1.82, 2.24) is 0 Å². The number of nitrogens with two attached hydrogens (primary N) is 1. The van der Waals surface area contributed by atoms with E-state index in [9.17, 15) is 0 Å². The van der Waals surface area contributed by atoms with Crippen molar-refractivity contribution >= 4 is 6.34 Å². The number of hydrogen-bond donors (Lipinski definition) is 1. The van der Waals surface area contributed by atoms with Gasteiger partial charge in [0, 0.05) is 0 Å². The lowest BCUT2D eigenvalue weighted by Gasteiger charge is -1.94. The van der Waals surface area contributed by atoms with E-state index in [1.165, 1.54) is 6.34 Å². The Bertz CT molecular complexity index is 306. The normalized spacial score (nSPS) is 9.92. The Morgan fingerprint density at radius 3 is 2.58 bits per heavy atom. The summed E-state index contributed by atoms with van der Waals surface area (Å²) in [5.74, 6) is 0. The molecule has 0 amide bonds. The minimum Gasteiger partial charge on any atom is -0.390 e. The van der Waals surface area contributed by atoms with E-state index >= 15 is 0 Å². The van der Waals surface area contributed by atoms with Gasteiger partial charge in [-0.25, -0.2) is 0 Å².